The van der Waals surface area contributed by atoms with Gasteiger partial charge in [0.25, 0.3) is 0 Å². The monoisotopic (exact) mass is 520 g/mol. The summed E-state index contributed by atoms with van der Waals surface area (Å²) in [5, 5.41) is 40.7. The van der Waals surface area contributed by atoms with Gasteiger partial charge in [-0.3, -0.25) is 0 Å². The van der Waals surface area contributed by atoms with Crippen molar-refractivity contribution in [2.45, 2.75) is 5.41 Å². The van der Waals surface area contributed by atoms with E-state index in [2.05, 4.69) is 0 Å². The Morgan fingerprint density at radius 2 is 0.606 bits per heavy atom. The van der Waals surface area contributed by atoms with Crippen LogP contribution < -0.4 is 0 Å². The second kappa shape index (κ2) is 8.88. The summed E-state index contributed by atoms with van der Waals surface area (Å²) in [4.78, 5) is 0. The van der Waals surface area contributed by atoms with E-state index in [0.717, 1.165) is 0 Å². The van der Waals surface area contributed by atoms with Crippen molar-refractivity contribution < 1.29 is 20.4 Å². The number of aromatic hydroxyl groups is 4. The summed E-state index contributed by atoms with van der Waals surface area (Å²) in [5.41, 5.74) is 1.25. The van der Waals surface area contributed by atoms with E-state index in [9.17, 15) is 20.4 Å². The normalized spacial score (nSPS) is 11.5. The van der Waals surface area contributed by atoms with Gasteiger partial charge in [0.1, 0.15) is 23.0 Å². The molecule has 0 aliphatic heterocycles. The minimum atomic E-state index is -1.18. The van der Waals surface area contributed by atoms with Crippen LogP contribution in [0.25, 0.3) is 0 Å². The molecule has 0 saturated heterocycles. The third-order valence-corrected chi connectivity index (χ3v) is 6.73. The summed E-state index contributed by atoms with van der Waals surface area (Å²) in [5.74, 6) is -0.424. The molecular formula is C25H16Cl4O4. The summed E-state index contributed by atoms with van der Waals surface area (Å²) < 4.78 is 0. The molecule has 4 aromatic rings. The van der Waals surface area contributed by atoms with Crippen molar-refractivity contribution in [2.24, 2.45) is 0 Å². The second-order valence-corrected chi connectivity index (χ2v) is 9.04. The predicted molar refractivity (Wildman–Crippen MR) is 131 cm³/mol. The predicted octanol–water partition coefficient (Wildman–Crippen LogP) is 7.51. The standard InChI is InChI=1S/C25H16Cl4O4/c26-17-9-13(1-5-21(17)30)25(14-2-6-22(31)18(27)10-14,15-3-7-23(32)19(28)11-15)16-4-8-24(33)20(29)12-16/h1-12,30-33H. The van der Waals surface area contributed by atoms with Gasteiger partial charge in [-0.15, -0.1) is 0 Å². The minimum absolute atomic E-state index is 0.106. The van der Waals surface area contributed by atoms with E-state index >= 15 is 0 Å². The van der Waals surface area contributed by atoms with E-state index in [1.165, 1.54) is 24.3 Å². The fourth-order valence-electron chi connectivity index (χ4n) is 3.96. The lowest BCUT2D eigenvalue weighted by Crippen LogP contribution is -2.31. The van der Waals surface area contributed by atoms with Crippen molar-refractivity contribution in [2.75, 3.05) is 0 Å². The Bertz CT molecular complexity index is 1160. The summed E-state index contributed by atoms with van der Waals surface area (Å²) in [6.07, 6.45) is 0. The van der Waals surface area contributed by atoms with Gasteiger partial charge in [-0.2, -0.15) is 0 Å². The molecule has 0 spiro atoms. The zero-order valence-electron chi connectivity index (χ0n) is 16.7. The maximum Gasteiger partial charge on any atom is 0.134 e. The van der Waals surface area contributed by atoms with Crippen LogP contribution in [0.4, 0.5) is 0 Å². The fraction of sp³-hybridized carbons (Fsp3) is 0.0400. The third-order valence-electron chi connectivity index (χ3n) is 5.52. The molecule has 0 aromatic heterocycles. The van der Waals surface area contributed by atoms with Crippen LogP contribution in [0.1, 0.15) is 22.3 Å². The van der Waals surface area contributed by atoms with Crippen molar-refractivity contribution in [1.29, 1.82) is 0 Å². The van der Waals surface area contributed by atoms with Gasteiger partial charge in [0.05, 0.1) is 25.5 Å². The van der Waals surface area contributed by atoms with Gasteiger partial charge in [-0.1, -0.05) is 70.7 Å². The van der Waals surface area contributed by atoms with E-state index in [1.54, 1.807) is 48.5 Å². The van der Waals surface area contributed by atoms with E-state index in [-0.39, 0.29) is 43.1 Å². The molecule has 0 aliphatic carbocycles. The number of phenolic OH excluding ortho intramolecular Hbond substituents is 4. The van der Waals surface area contributed by atoms with Gasteiger partial charge in [0, 0.05) is 0 Å². The van der Waals surface area contributed by atoms with Crippen LogP contribution in [0.3, 0.4) is 0 Å². The molecule has 33 heavy (non-hydrogen) atoms. The number of hydrogen-bond acceptors (Lipinski definition) is 4. The maximum atomic E-state index is 10.1. The SMILES string of the molecule is Oc1ccc(C(c2ccc(O)c(Cl)c2)(c2ccc(O)c(Cl)c2)c2ccc(O)c(Cl)c2)cc1Cl. The summed E-state index contributed by atoms with van der Waals surface area (Å²) >= 11 is 25.2. The van der Waals surface area contributed by atoms with Crippen LogP contribution in [-0.2, 0) is 5.41 Å². The molecule has 168 valence electrons. The van der Waals surface area contributed by atoms with Crippen LogP contribution in [-0.4, -0.2) is 20.4 Å². The smallest absolute Gasteiger partial charge is 0.134 e. The average molecular weight is 522 g/mol. The molecule has 4 aromatic carbocycles. The molecule has 0 saturated carbocycles. The Balaban J connectivity index is 2.21. The zero-order chi connectivity index (χ0) is 23.9. The number of rotatable bonds is 4. The number of halogens is 4. The van der Waals surface area contributed by atoms with Crippen molar-refractivity contribution in [3.05, 3.63) is 115 Å². The zero-order valence-corrected chi connectivity index (χ0v) is 19.8. The first-order chi connectivity index (χ1) is 15.6. The average Bonchev–Trinajstić information content (AvgIpc) is 2.78. The van der Waals surface area contributed by atoms with E-state index < -0.39 is 5.41 Å². The van der Waals surface area contributed by atoms with Crippen molar-refractivity contribution in [3.63, 3.8) is 0 Å². The summed E-state index contributed by atoms with van der Waals surface area (Å²) in [6.45, 7) is 0. The Morgan fingerprint density at radius 3 is 0.788 bits per heavy atom. The molecule has 4 rings (SSSR count). The fourth-order valence-corrected chi connectivity index (χ4v) is 4.68. The highest BCUT2D eigenvalue weighted by atomic mass is 35.5. The third kappa shape index (κ3) is 4.04. The largest absolute Gasteiger partial charge is 0.506 e. The van der Waals surface area contributed by atoms with Gasteiger partial charge >= 0.3 is 0 Å². The molecule has 0 heterocycles. The van der Waals surface area contributed by atoms with Gasteiger partial charge in [-0.05, 0) is 70.8 Å². The number of benzene rings is 4. The number of phenols is 4. The first-order valence-corrected chi connectivity index (χ1v) is 11.1. The molecule has 0 bridgehead atoms. The maximum absolute atomic E-state index is 10.1. The Hall–Kier alpha value is -2.76. The molecule has 0 fully saturated rings. The van der Waals surface area contributed by atoms with Crippen molar-refractivity contribution in [3.8, 4) is 23.0 Å². The minimum Gasteiger partial charge on any atom is -0.506 e. The van der Waals surface area contributed by atoms with Crippen LogP contribution >= 0.6 is 46.4 Å². The Labute approximate surface area is 209 Å². The van der Waals surface area contributed by atoms with Crippen molar-refractivity contribution >= 4 is 46.4 Å². The van der Waals surface area contributed by atoms with Crippen LogP contribution in [0.2, 0.25) is 20.1 Å². The first kappa shape index (κ1) is 23.4. The lowest BCUT2D eigenvalue weighted by molar-refractivity contribution is 0.474. The van der Waals surface area contributed by atoms with Crippen LogP contribution in [0.5, 0.6) is 23.0 Å². The van der Waals surface area contributed by atoms with E-state index in [1.807, 2.05) is 0 Å². The molecule has 0 unspecified atom stereocenters. The van der Waals surface area contributed by atoms with Crippen LogP contribution in [0.15, 0.2) is 72.8 Å². The molecule has 4 nitrogen and oxygen atoms in total. The van der Waals surface area contributed by atoms with Gasteiger partial charge in [0.15, 0.2) is 0 Å². The van der Waals surface area contributed by atoms with Crippen molar-refractivity contribution in [1.82, 2.24) is 0 Å². The van der Waals surface area contributed by atoms with E-state index in [4.69, 9.17) is 46.4 Å². The van der Waals surface area contributed by atoms with Gasteiger partial charge < -0.3 is 20.4 Å². The Morgan fingerprint density at radius 1 is 0.394 bits per heavy atom. The van der Waals surface area contributed by atoms with Gasteiger partial charge in [-0.25, -0.2) is 0 Å². The second-order valence-electron chi connectivity index (χ2n) is 7.41. The molecule has 0 atom stereocenters. The first-order valence-electron chi connectivity index (χ1n) is 9.60. The summed E-state index contributed by atoms with van der Waals surface area (Å²) in [6, 6.07) is 18.9. The highest BCUT2D eigenvalue weighted by Gasteiger charge is 2.40. The topological polar surface area (TPSA) is 80.9 Å². The van der Waals surface area contributed by atoms with Gasteiger partial charge in [0.2, 0.25) is 0 Å². The molecule has 8 heteroatoms. The quantitative estimate of drug-likeness (QED) is 0.209. The van der Waals surface area contributed by atoms with Crippen LogP contribution in [0, 0.1) is 0 Å². The molecule has 0 amide bonds. The molecule has 0 aliphatic rings. The van der Waals surface area contributed by atoms with E-state index in [0.29, 0.717) is 22.3 Å². The Kier molecular flexibility index (Phi) is 6.30. The lowest BCUT2D eigenvalue weighted by atomic mass is 9.65. The molecule has 4 N–H and O–H groups in total. The molecular weight excluding hydrogens is 506 g/mol. The molecule has 0 radical (unpaired) electrons. The highest BCUT2D eigenvalue weighted by molar-refractivity contribution is 6.33. The summed E-state index contributed by atoms with van der Waals surface area (Å²) in [7, 11) is 0. The lowest BCUT2D eigenvalue weighted by Gasteiger charge is -2.37. The highest BCUT2D eigenvalue weighted by Crippen LogP contribution is 2.49. The number of hydrogen-bond donors (Lipinski definition) is 4.